The van der Waals surface area contributed by atoms with Crippen molar-refractivity contribution >= 4 is 28.3 Å². The minimum absolute atomic E-state index is 0.00567. The Morgan fingerprint density at radius 3 is 2.68 bits per heavy atom. The van der Waals surface area contributed by atoms with Gasteiger partial charge in [0.2, 0.25) is 0 Å². The number of methoxy groups -OCH3 is 1. The number of pyridine rings is 1. The van der Waals surface area contributed by atoms with Gasteiger partial charge in [-0.3, -0.25) is 4.79 Å². The zero-order valence-electron chi connectivity index (χ0n) is 14.5. The molecule has 0 N–H and O–H groups in total. The molecule has 0 bridgehead atoms. The highest BCUT2D eigenvalue weighted by Gasteiger charge is 2.29. The largest absolute Gasteiger partial charge is 0.497 e. The Hall–Kier alpha value is -3.08. The molecule has 0 atom stereocenters. The summed E-state index contributed by atoms with van der Waals surface area (Å²) in [7, 11) is 5.55. The summed E-state index contributed by atoms with van der Waals surface area (Å²) < 4.78 is 5.23. The van der Waals surface area contributed by atoms with E-state index in [1.54, 1.807) is 12.0 Å². The van der Waals surface area contributed by atoms with E-state index in [1.165, 1.54) is 0 Å². The standard InChI is InChI=1S/C20H19N3O2/c1-22(2)19-9-5-13-10-15(6-8-18(13)21-19)23-12-14-4-7-16(25-3)11-17(14)20(23)24/h4-11H,12H2,1-3H3. The first-order valence-electron chi connectivity index (χ1n) is 8.14. The highest BCUT2D eigenvalue weighted by Crippen LogP contribution is 2.32. The van der Waals surface area contributed by atoms with Crippen molar-refractivity contribution < 1.29 is 9.53 Å². The lowest BCUT2D eigenvalue weighted by Crippen LogP contribution is -2.22. The molecule has 5 nitrogen and oxygen atoms in total. The van der Waals surface area contributed by atoms with E-state index in [0.29, 0.717) is 17.9 Å². The monoisotopic (exact) mass is 333 g/mol. The van der Waals surface area contributed by atoms with Crippen molar-refractivity contribution in [3.8, 4) is 5.75 Å². The van der Waals surface area contributed by atoms with Crippen molar-refractivity contribution in [3.05, 3.63) is 59.7 Å². The molecule has 25 heavy (non-hydrogen) atoms. The first-order valence-corrected chi connectivity index (χ1v) is 8.14. The zero-order chi connectivity index (χ0) is 17.6. The number of aromatic nitrogens is 1. The maximum atomic E-state index is 12.8. The Kier molecular flexibility index (Phi) is 3.57. The molecule has 1 aliphatic heterocycles. The molecule has 0 aliphatic carbocycles. The van der Waals surface area contributed by atoms with Crippen LogP contribution in [-0.4, -0.2) is 32.1 Å². The smallest absolute Gasteiger partial charge is 0.259 e. The summed E-state index contributed by atoms with van der Waals surface area (Å²) in [5.41, 5.74) is 3.53. The van der Waals surface area contributed by atoms with Gasteiger partial charge in [-0.25, -0.2) is 4.98 Å². The lowest BCUT2D eigenvalue weighted by Gasteiger charge is -2.17. The van der Waals surface area contributed by atoms with Gasteiger partial charge >= 0.3 is 0 Å². The molecule has 0 saturated carbocycles. The van der Waals surface area contributed by atoms with Crippen LogP contribution in [0.3, 0.4) is 0 Å². The molecular weight excluding hydrogens is 314 g/mol. The number of carbonyl (C=O) groups excluding carboxylic acids is 1. The first-order chi connectivity index (χ1) is 12.1. The number of nitrogens with zero attached hydrogens (tertiary/aromatic N) is 3. The predicted molar refractivity (Wildman–Crippen MR) is 99.6 cm³/mol. The maximum Gasteiger partial charge on any atom is 0.259 e. The highest BCUT2D eigenvalue weighted by molar-refractivity contribution is 6.10. The van der Waals surface area contributed by atoms with E-state index in [0.717, 1.165) is 28.0 Å². The van der Waals surface area contributed by atoms with Crippen molar-refractivity contribution in [3.63, 3.8) is 0 Å². The van der Waals surface area contributed by atoms with Crippen LogP contribution in [0.2, 0.25) is 0 Å². The van der Waals surface area contributed by atoms with Crippen LogP contribution < -0.4 is 14.5 Å². The van der Waals surface area contributed by atoms with E-state index in [4.69, 9.17) is 4.74 Å². The summed E-state index contributed by atoms with van der Waals surface area (Å²) in [5.74, 6) is 1.62. The number of amides is 1. The second-order valence-corrected chi connectivity index (χ2v) is 6.36. The van der Waals surface area contributed by atoms with Gasteiger partial charge in [0.1, 0.15) is 11.6 Å². The van der Waals surface area contributed by atoms with Gasteiger partial charge in [-0.15, -0.1) is 0 Å². The number of benzene rings is 2. The summed E-state index contributed by atoms with van der Waals surface area (Å²) in [4.78, 5) is 21.2. The predicted octanol–water partition coefficient (Wildman–Crippen LogP) is 3.47. The second kappa shape index (κ2) is 5.77. The zero-order valence-corrected chi connectivity index (χ0v) is 14.5. The number of ether oxygens (including phenoxy) is 1. The Balaban J connectivity index is 1.70. The molecule has 0 radical (unpaired) electrons. The minimum atomic E-state index is 0.00567. The lowest BCUT2D eigenvalue weighted by atomic mass is 10.1. The van der Waals surface area contributed by atoms with Crippen LogP contribution in [0.25, 0.3) is 10.9 Å². The van der Waals surface area contributed by atoms with Crippen LogP contribution in [0.15, 0.2) is 48.5 Å². The Morgan fingerprint density at radius 1 is 1.08 bits per heavy atom. The summed E-state index contributed by atoms with van der Waals surface area (Å²) in [6.07, 6.45) is 0. The van der Waals surface area contributed by atoms with E-state index >= 15 is 0 Å². The number of hydrogen-bond acceptors (Lipinski definition) is 4. The molecular formula is C20H19N3O2. The van der Waals surface area contributed by atoms with Gasteiger partial charge in [-0.05, 0) is 48.0 Å². The van der Waals surface area contributed by atoms with Gasteiger partial charge in [0.15, 0.2) is 0 Å². The Morgan fingerprint density at radius 2 is 1.92 bits per heavy atom. The van der Waals surface area contributed by atoms with Crippen LogP contribution in [0.1, 0.15) is 15.9 Å². The van der Waals surface area contributed by atoms with Gasteiger partial charge < -0.3 is 14.5 Å². The molecule has 1 aromatic heterocycles. The summed E-state index contributed by atoms with van der Waals surface area (Å²) in [6, 6.07) is 15.6. The number of fused-ring (bicyclic) bond motifs is 2. The third-order valence-corrected chi connectivity index (χ3v) is 4.55. The molecule has 4 rings (SSSR count). The van der Waals surface area contributed by atoms with Crippen LogP contribution in [0.4, 0.5) is 11.5 Å². The van der Waals surface area contributed by atoms with Crippen molar-refractivity contribution in [2.75, 3.05) is 31.0 Å². The molecule has 2 heterocycles. The summed E-state index contributed by atoms with van der Waals surface area (Å²) >= 11 is 0. The summed E-state index contributed by atoms with van der Waals surface area (Å²) in [5, 5.41) is 1.02. The molecule has 3 aromatic rings. The van der Waals surface area contributed by atoms with E-state index in [2.05, 4.69) is 4.98 Å². The third-order valence-electron chi connectivity index (χ3n) is 4.55. The van der Waals surface area contributed by atoms with Gasteiger partial charge in [-0.2, -0.15) is 0 Å². The normalized spacial score (nSPS) is 13.2. The molecule has 0 spiro atoms. The van der Waals surface area contributed by atoms with Crippen molar-refractivity contribution in [1.82, 2.24) is 4.98 Å². The van der Waals surface area contributed by atoms with E-state index in [-0.39, 0.29) is 5.91 Å². The summed E-state index contributed by atoms with van der Waals surface area (Å²) in [6.45, 7) is 0.576. The topological polar surface area (TPSA) is 45.7 Å². The molecule has 5 heteroatoms. The van der Waals surface area contributed by atoms with Crippen molar-refractivity contribution in [1.29, 1.82) is 0 Å². The molecule has 1 amide bonds. The van der Waals surface area contributed by atoms with Crippen LogP contribution >= 0.6 is 0 Å². The van der Waals surface area contributed by atoms with Gasteiger partial charge in [-0.1, -0.05) is 6.07 Å². The van der Waals surface area contributed by atoms with Crippen LogP contribution in [0, 0.1) is 0 Å². The molecule has 0 unspecified atom stereocenters. The number of hydrogen-bond donors (Lipinski definition) is 0. The lowest BCUT2D eigenvalue weighted by molar-refractivity contribution is 0.0996. The SMILES string of the molecule is COc1ccc2c(c1)C(=O)N(c1ccc3nc(N(C)C)ccc3c1)C2. The number of carbonyl (C=O) groups is 1. The first kappa shape index (κ1) is 15.4. The fraction of sp³-hybridized carbons (Fsp3) is 0.200. The molecule has 2 aromatic carbocycles. The van der Waals surface area contributed by atoms with Crippen molar-refractivity contribution in [2.45, 2.75) is 6.54 Å². The van der Waals surface area contributed by atoms with E-state index in [9.17, 15) is 4.79 Å². The van der Waals surface area contributed by atoms with Gasteiger partial charge in [0, 0.05) is 30.7 Å². The van der Waals surface area contributed by atoms with Crippen molar-refractivity contribution in [2.24, 2.45) is 0 Å². The Bertz CT molecular complexity index is 982. The second-order valence-electron chi connectivity index (χ2n) is 6.36. The third kappa shape index (κ3) is 2.58. The minimum Gasteiger partial charge on any atom is -0.497 e. The molecule has 1 aliphatic rings. The average molecular weight is 333 g/mol. The van der Waals surface area contributed by atoms with Gasteiger partial charge in [0.25, 0.3) is 5.91 Å². The van der Waals surface area contributed by atoms with E-state index in [1.807, 2.05) is 67.5 Å². The quantitative estimate of drug-likeness (QED) is 0.736. The van der Waals surface area contributed by atoms with Crippen LogP contribution in [-0.2, 0) is 6.54 Å². The molecule has 0 saturated heterocycles. The number of anilines is 2. The van der Waals surface area contributed by atoms with Gasteiger partial charge in [0.05, 0.1) is 19.2 Å². The molecule has 0 fully saturated rings. The molecule has 126 valence electrons. The highest BCUT2D eigenvalue weighted by atomic mass is 16.5. The fourth-order valence-electron chi connectivity index (χ4n) is 3.13. The Labute approximate surface area is 146 Å². The van der Waals surface area contributed by atoms with Crippen LogP contribution in [0.5, 0.6) is 5.75 Å². The fourth-order valence-corrected chi connectivity index (χ4v) is 3.13. The van der Waals surface area contributed by atoms with E-state index < -0.39 is 0 Å². The average Bonchev–Trinajstić information content (AvgIpc) is 2.97. The number of rotatable bonds is 3. The maximum absolute atomic E-state index is 12.8.